The van der Waals surface area contributed by atoms with E-state index in [4.69, 9.17) is 17.0 Å². The quantitative estimate of drug-likeness (QED) is 0.235. The van der Waals surface area contributed by atoms with Gasteiger partial charge in [0.1, 0.15) is 11.3 Å². The van der Waals surface area contributed by atoms with E-state index in [1.165, 1.54) is 9.80 Å². The molecule has 0 aliphatic carbocycles. The Morgan fingerprint density at radius 2 is 1.36 bits per heavy atom. The van der Waals surface area contributed by atoms with E-state index in [1.807, 2.05) is 68.4 Å². The zero-order chi connectivity index (χ0) is 23.5. The van der Waals surface area contributed by atoms with Crippen LogP contribution >= 0.6 is 28.1 Å². The fourth-order valence-electron chi connectivity index (χ4n) is 3.49. The van der Waals surface area contributed by atoms with Gasteiger partial charge in [-0.05, 0) is 74.6 Å². The molecule has 3 aromatic carbocycles. The summed E-state index contributed by atoms with van der Waals surface area (Å²) in [6, 6.07) is 23.6. The largest absolute Gasteiger partial charge is 0.490 e. The third-order valence-electron chi connectivity index (χ3n) is 4.91. The van der Waals surface area contributed by atoms with Gasteiger partial charge >= 0.3 is 0 Å². The highest BCUT2D eigenvalue weighted by Gasteiger charge is 2.41. The van der Waals surface area contributed by atoms with Crippen LogP contribution in [0.25, 0.3) is 6.08 Å². The summed E-state index contributed by atoms with van der Waals surface area (Å²) in [6.45, 7) is 3.84. The van der Waals surface area contributed by atoms with E-state index in [9.17, 15) is 9.59 Å². The van der Waals surface area contributed by atoms with Crippen LogP contribution in [-0.4, -0.2) is 23.0 Å². The van der Waals surface area contributed by atoms with Crippen LogP contribution in [0.1, 0.15) is 19.4 Å². The van der Waals surface area contributed by atoms with E-state index in [0.29, 0.717) is 22.7 Å². The lowest BCUT2D eigenvalue weighted by atomic mass is 10.0. The average molecular weight is 521 g/mol. The first kappa shape index (κ1) is 22.9. The molecule has 1 aliphatic rings. The molecule has 0 spiro atoms. The second kappa shape index (κ2) is 9.68. The number of para-hydroxylation sites is 2. The van der Waals surface area contributed by atoms with Crippen molar-refractivity contribution < 1.29 is 14.3 Å². The summed E-state index contributed by atoms with van der Waals surface area (Å²) in [7, 11) is 0. The summed E-state index contributed by atoms with van der Waals surface area (Å²) in [5.41, 5.74) is 1.77. The number of carbonyl (C=O) groups excluding carboxylic acids is 2. The Balaban J connectivity index is 1.89. The van der Waals surface area contributed by atoms with E-state index >= 15 is 0 Å². The van der Waals surface area contributed by atoms with Gasteiger partial charge < -0.3 is 4.74 Å². The molecule has 0 atom stereocenters. The Morgan fingerprint density at radius 3 is 1.85 bits per heavy atom. The van der Waals surface area contributed by atoms with Crippen molar-refractivity contribution in [2.24, 2.45) is 0 Å². The molecule has 4 rings (SSSR count). The Morgan fingerprint density at radius 1 is 0.848 bits per heavy atom. The van der Waals surface area contributed by atoms with Crippen LogP contribution in [0.3, 0.4) is 0 Å². The lowest BCUT2D eigenvalue weighted by Gasteiger charge is -2.36. The number of ether oxygens (including phenoxy) is 1. The van der Waals surface area contributed by atoms with Crippen LogP contribution in [0.15, 0.2) is 88.9 Å². The minimum absolute atomic E-state index is 0.0111. The molecule has 7 heteroatoms. The van der Waals surface area contributed by atoms with Gasteiger partial charge in [-0.1, -0.05) is 52.3 Å². The molecule has 0 N–H and O–H groups in total. The number of hydrogen-bond donors (Lipinski definition) is 0. The molecule has 33 heavy (non-hydrogen) atoms. The van der Waals surface area contributed by atoms with Crippen LogP contribution in [0.2, 0.25) is 0 Å². The lowest BCUT2D eigenvalue weighted by molar-refractivity contribution is -0.120. The Bertz CT molecular complexity index is 1180. The number of benzene rings is 3. The van der Waals surface area contributed by atoms with Gasteiger partial charge in [0, 0.05) is 10.0 Å². The van der Waals surface area contributed by atoms with Gasteiger partial charge in [-0.15, -0.1) is 0 Å². The van der Waals surface area contributed by atoms with Gasteiger partial charge in [-0.25, -0.2) is 0 Å². The number of thiocarbonyl (C=S) groups is 1. The van der Waals surface area contributed by atoms with Crippen LogP contribution in [0.4, 0.5) is 11.4 Å². The molecule has 1 fully saturated rings. The highest BCUT2D eigenvalue weighted by Crippen LogP contribution is 2.32. The number of carbonyl (C=O) groups is 2. The Labute approximate surface area is 206 Å². The first-order chi connectivity index (χ1) is 15.9. The highest BCUT2D eigenvalue weighted by molar-refractivity contribution is 9.10. The van der Waals surface area contributed by atoms with Crippen molar-refractivity contribution in [1.82, 2.24) is 0 Å². The predicted molar refractivity (Wildman–Crippen MR) is 138 cm³/mol. The standard InChI is InChI=1S/C26H21BrN2O3S/c1-17(2)32-23-14-13-19(27)15-18(23)16-22-24(30)28(20-9-5-3-6-10-20)26(33)29(25(22)31)21-11-7-4-8-12-21/h3-17H,1-2H3. The Kier molecular flexibility index (Phi) is 6.72. The molecule has 0 bridgehead atoms. The minimum Gasteiger partial charge on any atom is -0.490 e. The second-order valence-corrected chi connectivity index (χ2v) is 8.92. The number of amides is 2. The molecule has 3 aromatic rings. The summed E-state index contributed by atoms with van der Waals surface area (Å²) in [5.74, 6) is -0.398. The maximum absolute atomic E-state index is 13.6. The third kappa shape index (κ3) is 4.74. The van der Waals surface area contributed by atoms with E-state index in [0.717, 1.165) is 4.47 Å². The van der Waals surface area contributed by atoms with Crippen molar-refractivity contribution in [3.63, 3.8) is 0 Å². The van der Waals surface area contributed by atoms with E-state index in [-0.39, 0.29) is 16.8 Å². The Hall–Kier alpha value is -3.29. The maximum Gasteiger partial charge on any atom is 0.270 e. The molecule has 0 aromatic heterocycles. The molecule has 1 heterocycles. The fourth-order valence-corrected chi connectivity index (χ4v) is 4.24. The summed E-state index contributed by atoms with van der Waals surface area (Å²) in [6.07, 6.45) is 1.50. The monoisotopic (exact) mass is 520 g/mol. The fraction of sp³-hybridized carbons (Fsp3) is 0.115. The third-order valence-corrected chi connectivity index (χ3v) is 5.77. The molecule has 1 saturated heterocycles. The van der Waals surface area contributed by atoms with Crippen LogP contribution in [-0.2, 0) is 9.59 Å². The lowest BCUT2D eigenvalue weighted by Crippen LogP contribution is -2.56. The number of anilines is 2. The molecular weight excluding hydrogens is 500 g/mol. The van der Waals surface area contributed by atoms with Gasteiger partial charge in [0.15, 0.2) is 5.11 Å². The van der Waals surface area contributed by atoms with Crippen molar-refractivity contribution in [3.05, 3.63) is 94.5 Å². The van der Waals surface area contributed by atoms with Crippen molar-refractivity contribution in [2.75, 3.05) is 9.80 Å². The molecular formula is C26H21BrN2O3S. The molecule has 166 valence electrons. The molecule has 1 aliphatic heterocycles. The van der Waals surface area contributed by atoms with Gasteiger partial charge in [-0.3, -0.25) is 19.4 Å². The second-order valence-electron chi connectivity index (χ2n) is 7.64. The summed E-state index contributed by atoms with van der Waals surface area (Å²) in [5, 5.41) is 0.104. The van der Waals surface area contributed by atoms with E-state index in [1.54, 1.807) is 30.3 Å². The van der Waals surface area contributed by atoms with Gasteiger partial charge in [0.25, 0.3) is 11.8 Å². The predicted octanol–water partition coefficient (Wildman–Crippen LogP) is 5.98. The number of nitrogens with zero attached hydrogens (tertiary/aromatic N) is 2. The van der Waals surface area contributed by atoms with Crippen molar-refractivity contribution >= 4 is 62.5 Å². The van der Waals surface area contributed by atoms with Crippen LogP contribution < -0.4 is 14.5 Å². The van der Waals surface area contributed by atoms with Crippen LogP contribution in [0, 0.1) is 0 Å². The minimum atomic E-state index is -0.487. The first-order valence-electron chi connectivity index (χ1n) is 10.4. The highest BCUT2D eigenvalue weighted by atomic mass is 79.9. The SMILES string of the molecule is CC(C)Oc1ccc(Br)cc1C=C1C(=O)N(c2ccccc2)C(=S)N(c2ccccc2)C1=O. The van der Waals surface area contributed by atoms with Gasteiger partial charge in [0.2, 0.25) is 0 Å². The summed E-state index contributed by atoms with van der Waals surface area (Å²) in [4.78, 5) is 30.0. The van der Waals surface area contributed by atoms with Gasteiger partial charge in [-0.2, -0.15) is 0 Å². The molecule has 5 nitrogen and oxygen atoms in total. The molecule has 0 unspecified atom stereocenters. The van der Waals surface area contributed by atoms with Crippen molar-refractivity contribution in [3.8, 4) is 5.75 Å². The molecule has 0 saturated carbocycles. The maximum atomic E-state index is 13.6. The zero-order valence-corrected chi connectivity index (χ0v) is 20.5. The zero-order valence-electron chi connectivity index (χ0n) is 18.1. The van der Waals surface area contributed by atoms with Crippen LogP contribution in [0.5, 0.6) is 5.75 Å². The summed E-state index contributed by atoms with van der Waals surface area (Å²) >= 11 is 9.11. The molecule has 2 amide bonds. The van der Waals surface area contributed by atoms with Crippen molar-refractivity contribution in [2.45, 2.75) is 20.0 Å². The number of hydrogen-bond acceptors (Lipinski definition) is 4. The van der Waals surface area contributed by atoms with E-state index in [2.05, 4.69) is 15.9 Å². The number of halogens is 1. The van der Waals surface area contributed by atoms with Crippen molar-refractivity contribution in [1.29, 1.82) is 0 Å². The molecule has 0 radical (unpaired) electrons. The summed E-state index contributed by atoms with van der Waals surface area (Å²) < 4.78 is 6.72. The average Bonchev–Trinajstić information content (AvgIpc) is 2.79. The van der Waals surface area contributed by atoms with Gasteiger partial charge in [0.05, 0.1) is 17.5 Å². The first-order valence-corrected chi connectivity index (χ1v) is 11.6. The topological polar surface area (TPSA) is 49.9 Å². The van der Waals surface area contributed by atoms with E-state index < -0.39 is 11.8 Å². The smallest absolute Gasteiger partial charge is 0.270 e. The number of rotatable bonds is 5. The normalized spacial score (nSPS) is 14.2.